The van der Waals surface area contributed by atoms with E-state index in [0.29, 0.717) is 5.95 Å². The quantitative estimate of drug-likeness (QED) is 0.681. The molecule has 0 atom stereocenters. The summed E-state index contributed by atoms with van der Waals surface area (Å²) in [6.07, 6.45) is 0. The third-order valence-corrected chi connectivity index (χ3v) is 2.47. The average molecular weight is 193 g/mol. The highest BCUT2D eigenvalue weighted by molar-refractivity contribution is 5.37. The lowest BCUT2D eigenvalue weighted by Crippen LogP contribution is -2.66. The van der Waals surface area contributed by atoms with Crippen LogP contribution in [0.2, 0.25) is 0 Å². The highest BCUT2D eigenvalue weighted by Gasteiger charge is 2.36. The lowest BCUT2D eigenvalue weighted by Gasteiger charge is -2.45. The zero-order valence-electron chi connectivity index (χ0n) is 8.78. The SMILES string of the molecule is Cc1nnc(N2CC(C)(N)C2)nc1C. The number of aromatic nitrogens is 3. The third kappa shape index (κ3) is 1.55. The molecule has 0 amide bonds. The van der Waals surface area contributed by atoms with Gasteiger partial charge in [-0.1, -0.05) is 0 Å². The smallest absolute Gasteiger partial charge is 0.245 e. The molecule has 14 heavy (non-hydrogen) atoms. The normalized spacial score (nSPS) is 19.3. The Morgan fingerprint density at radius 1 is 1.21 bits per heavy atom. The predicted molar refractivity (Wildman–Crippen MR) is 54.1 cm³/mol. The van der Waals surface area contributed by atoms with Crippen molar-refractivity contribution in [2.24, 2.45) is 5.73 Å². The van der Waals surface area contributed by atoms with Gasteiger partial charge in [0.15, 0.2) is 0 Å². The van der Waals surface area contributed by atoms with Crippen molar-refractivity contribution in [3.05, 3.63) is 11.4 Å². The van der Waals surface area contributed by atoms with Gasteiger partial charge in [0.1, 0.15) is 0 Å². The van der Waals surface area contributed by atoms with Gasteiger partial charge in [0.25, 0.3) is 0 Å². The van der Waals surface area contributed by atoms with Crippen molar-refractivity contribution < 1.29 is 0 Å². The van der Waals surface area contributed by atoms with Gasteiger partial charge in [0, 0.05) is 18.6 Å². The molecule has 2 N–H and O–H groups in total. The van der Waals surface area contributed by atoms with Crippen molar-refractivity contribution in [2.75, 3.05) is 18.0 Å². The van der Waals surface area contributed by atoms with Crippen LogP contribution in [0.1, 0.15) is 18.3 Å². The standard InChI is InChI=1S/C9H15N5/c1-6-7(2)12-13-8(11-6)14-4-9(3,10)5-14/h4-5,10H2,1-3H3. The molecule has 5 heteroatoms. The summed E-state index contributed by atoms with van der Waals surface area (Å²) in [7, 11) is 0. The van der Waals surface area contributed by atoms with Crippen LogP contribution in [-0.4, -0.2) is 33.8 Å². The van der Waals surface area contributed by atoms with Crippen molar-refractivity contribution >= 4 is 5.95 Å². The van der Waals surface area contributed by atoms with E-state index >= 15 is 0 Å². The average Bonchev–Trinajstić information content (AvgIpc) is 2.06. The van der Waals surface area contributed by atoms with Crippen LogP contribution < -0.4 is 10.6 Å². The molecule has 0 radical (unpaired) electrons. The molecule has 0 aliphatic carbocycles. The number of nitrogens with zero attached hydrogens (tertiary/aromatic N) is 4. The zero-order chi connectivity index (χ0) is 10.3. The summed E-state index contributed by atoms with van der Waals surface area (Å²) in [5.74, 6) is 0.691. The number of nitrogens with two attached hydrogens (primary N) is 1. The first-order valence-electron chi connectivity index (χ1n) is 4.70. The summed E-state index contributed by atoms with van der Waals surface area (Å²) in [6.45, 7) is 7.48. The number of hydrogen-bond acceptors (Lipinski definition) is 5. The summed E-state index contributed by atoms with van der Waals surface area (Å²) in [4.78, 5) is 6.40. The maximum atomic E-state index is 5.90. The molecule has 1 saturated heterocycles. The fraction of sp³-hybridized carbons (Fsp3) is 0.667. The van der Waals surface area contributed by atoms with Gasteiger partial charge in [-0.2, -0.15) is 5.10 Å². The molecule has 0 saturated carbocycles. The molecule has 2 rings (SSSR count). The van der Waals surface area contributed by atoms with E-state index in [2.05, 4.69) is 15.2 Å². The number of aryl methyl sites for hydroxylation is 2. The van der Waals surface area contributed by atoms with Gasteiger partial charge in [-0.25, -0.2) is 4.98 Å². The Balaban J connectivity index is 2.16. The van der Waals surface area contributed by atoms with Crippen LogP contribution >= 0.6 is 0 Å². The van der Waals surface area contributed by atoms with E-state index in [9.17, 15) is 0 Å². The molecule has 0 bridgehead atoms. The Hall–Kier alpha value is -1.23. The third-order valence-electron chi connectivity index (χ3n) is 2.47. The van der Waals surface area contributed by atoms with Gasteiger partial charge in [0.05, 0.1) is 11.4 Å². The van der Waals surface area contributed by atoms with E-state index in [0.717, 1.165) is 24.5 Å². The van der Waals surface area contributed by atoms with Gasteiger partial charge in [-0.05, 0) is 20.8 Å². The van der Waals surface area contributed by atoms with Gasteiger partial charge < -0.3 is 10.6 Å². The predicted octanol–water partition coefficient (Wildman–Crippen LogP) is 0.0258. The fourth-order valence-electron chi connectivity index (χ4n) is 1.55. The Morgan fingerprint density at radius 3 is 2.36 bits per heavy atom. The van der Waals surface area contributed by atoms with Crippen LogP contribution in [0, 0.1) is 13.8 Å². The minimum absolute atomic E-state index is 0.0951. The number of hydrogen-bond donors (Lipinski definition) is 1. The number of anilines is 1. The minimum atomic E-state index is -0.0951. The van der Waals surface area contributed by atoms with Gasteiger partial charge in [-0.15, -0.1) is 5.10 Å². The van der Waals surface area contributed by atoms with Crippen molar-refractivity contribution in [3.8, 4) is 0 Å². The Bertz CT molecular complexity index is 352. The van der Waals surface area contributed by atoms with Crippen molar-refractivity contribution in [3.63, 3.8) is 0 Å². The van der Waals surface area contributed by atoms with Crippen LogP contribution in [0.25, 0.3) is 0 Å². The van der Waals surface area contributed by atoms with E-state index in [-0.39, 0.29) is 5.54 Å². The van der Waals surface area contributed by atoms with Crippen molar-refractivity contribution in [1.82, 2.24) is 15.2 Å². The second-order valence-corrected chi connectivity index (χ2v) is 4.29. The van der Waals surface area contributed by atoms with Crippen LogP contribution in [-0.2, 0) is 0 Å². The van der Waals surface area contributed by atoms with Crippen LogP contribution in [0.3, 0.4) is 0 Å². The lowest BCUT2D eigenvalue weighted by molar-refractivity contribution is 0.358. The maximum Gasteiger partial charge on any atom is 0.245 e. The van der Waals surface area contributed by atoms with E-state index in [1.807, 2.05) is 25.7 Å². The van der Waals surface area contributed by atoms with Gasteiger partial charge >= 0.3 is 0 Å². The van der Waals surface area contributed by atoms with Gasteiger partial charge in [-0.3, -0.25) is 0 Å². The van der Waals surface area contributed by atoms with Crippen molar-refractivity contribution in [1.29, 1.82) is 0 Å². The molecule has 1 aromatic heterocycles. The van der Waals surface area contributed by atoms with Crippen molar-refractivity contribution in [2.45, 2.75) is 26.3 Å². The molecule has 2 heterocycles. The molecule has 1 aliphatic rings. The molecule has 1 fully saturated rings. The fourth-order valence-corrected chi connectivity index (χ4v) is 1.55. The lowest BCUT2D eigenvalue weighted by atomic mass is 9.94. The first-order chi connectivity index (χ1) is 6.48. The highest BCUT2D eigenvalue weighted by atomic mass is 15.4. The summed E-state index contributed by atoms with van der Waals surface area (Å²) in [5, 5.41) is 8.07. The minimum Gasteiger partial charge on any atom is -0.336 e. The van der Waals surface area contributed by atoms with E-state index in [4.69, 9.17) is 5.73 Å². The first-order valence-corrected chi connectivity index (χ1v) is 4.70. The highest BCUT2D eigenvalue weighted by Crippen LogP contribution is 2.21. The Kier molecular flexibility index (Phi) is 1.92. The monoisotopic (exact) mass is 193 g/mol. The Labute approximate surface area is 83.3 Å². The van der Waals surface area contributed by atoms with E-state index in [1.165, 1.54) is 0 Å². The molecule has 0 unspecified atom stereocenters. The molecule has 1 aromatic rings. The molecular formula is C9H15N5. The van der Waals surface area contributed by atoms with Crippen LogP contribution in [0.15, 0.2) is 0 Å². The molecule has 0 aromatic carbocycles. The second-order valence-electron chi connectivity index (χ2n) is 4.29. The summed E-state index contributed by atoms with van der Waals surface area (Å²) in [6, 6.07) is 0. The summed E-state index contributed by atoms with van der Waals surface area (Å²) >= 11 is 0. The van der Waals surface area contributed by atoms with Crippen LogP contribution in [0.5, 0.6) is 0 Å². The topological polar surface area (TPSA) is 67.9 Å². The molecule has 5 nitrogen and oxygen atoms in total. The zero-order valence-corrected chi connectivity index (χ0v) is 8.78. The van der Waals surface area contributed by atoms with E-state index < -0.39 is 0 Å². The summed E-state index contributed by atoms with van der Waals surface area (Å²) in [5.41, 5.74) is 7.62. The number of rotatable bonds is 1. The molecule has 1 aliphatic heterocycles. The summed E-state index contributed by atoms with van der Waals surface area (Å²) < 4.78 is 0. The second kappa shape index (κ2) is 2.88. The van der Waals surface area contributed by atoms with Gasteiger partial charge in [0.2, 0.25) is 5.95 Å². The Morgan fingerprint density at radius 2 is 1.86 bits per heavy atom. The van der Waals surface area contributed by atoms with E-state index in [1.54, 1.807) is 0 Å². The molecule has 76 valence electrons. The maximum absolute atomic E-state index is 5.90. The molecular weight excluding hydrogens is 178 g/mol. The molecule has 0 spiro atoms. The van der Waals surface area contributed by atoms with Crippen LogP contribution in [0.4, 0.5) is 5.95 Å². The first kappa shape index (κ1) is 9.33. The largest absolute Gasteiger partial charge is 0.336 e.